The van der Waals surface area contributed by atoms with E-state index in [2.05, 4.69) is 58.4 Å². The Morgan fingerprint density at radius 1 is 1.03 bits per heavy atom. The number of sulfonamides is 1. The van der Waals surface area contributed by atoms with Gasteiger partial charge in [0.1, 0.15) is 0 Å². The second-order valence-corrected chi connectivity index (χ2v) is 10.4. The Bertz CT molecular complexity index is 1550. The van der Waals surface area contributed by atoms with Crippen molar-refractivity contribution < 1.29 is 8.42 Å². The highest BCUT2D eigenvalue weighted by Crippen LogP contribution is 2.30. The zero-order chi connectivity index (χ0) is 24.7. The molecule has 3 N–H and O–H groups in total. The Morgan fingerprint density at radius 3 is 2.40 bits per heavy atom. The molecule has 0 aliphatic carbocycles. The van der Waals surface area contributed by atoms with Crippen molar-refractivity contribution in [2.75, 3.05) is 18.0 Å². The second kappa shape index (κ2) is 8.78. The summed E-state index contributed by atoms with van der Waals surface area (Å²) in [6, 6.07) is 15.5. The molecule has 0 unspecified atom stereocenters. The van der Waals surface area contributed by atoms with E-state index >= 15 is 0 Å². The summed E-state index contributed by atoms with van der Waals surface area (Å²) in [5.74, 6) is 0. The molecule has 9 nitrogen and oxygen atoms in total. The highest BCUT2D eigenvalue weighted by atomic mass is 32.2. The van der Waals surface area contributed by atoms with Crippen LogP contribution < -0.4 is 15.4 Å². The first-order chi connectivity index (χ1) is 16.7. The van der Waals surface area contributed by atoms with Gasteiger partial charge in [-0.25, -0.2) is 23.1 Å². The van der Waals surface area contributed by atoms with Crippen molar-refractivity contribution in [3.63, 3.8) is 0 Å². The van der Waals surface area contributed by atoms with Gasteiger partial charge in [-0.05, 0) is 55.3 Å². The molecule has 0 radical (unpaired) electrons. The zero-order valence-electron chi connectivity index (χ0n) is 19.4. The molecule has 2 aromatic heterocycles. The van der Waals surface area contributed by atoms with Gasteiger partial charge in [-0.3, -0.25) is 0 Å². The van der Waals surface area contributed by atoms with Crippen LogP contribution >= 0.6 is 0 Å². The number of nitriles is 1. The normalized spacial score (nSPS) is 18.5. The van der Waals surface area contributed by atoms with Crippen molar-refractivity contribution in [3.8, 4) is 28.3 Å². The van der Waals surface area contributed by atoms with Crippen molar-refractivity contribution in [3.05, 3.63) is 66.6 Å². The van der Waals surface area contributed by atoms with E-state index in [0.29, 0.717) is 28.9 Å². The van der Waals surface area contributed by atoms with Crippen molar-refractivity contribution in [2.45, 2.75) is 30.8 Å². The number of nitrogens with one attached hydrogen (secondary N) is 1. The second-order valence-electron chi connectivity index (χ2n) is 8.88. The van der Waals surface area contributed by atoms with Gasteiger partial charge in [-0.1, -0.05) is 12.1 Å². The fourth-order valence-electron chi connectivity index (χ4n) is 4.68. The SMILES string of the molecule is C[C@@H]1CNC[C@H](C)N1c1ccc(-c2cnc3c(-c4cc(C#N)cc(S(N)(=O)=O)c4)cnn3c2)cc1. The number of primary sulfonamides is 1. The number of aromatic nitrogens is 3. The van der Waals surface area contributed by atoms with Gasteiger partial charge in [0, 0.05) is 54.4 Å². The highest BCUT2D eigenvalue weighted by Gasteiger charge is 2.24. The van der Waals surface area contributed by atoms with Crippen molar-refractivity contribution in [2.24, 2.45) is 5.14 Å². The lowest BCUT2D eigenvalue weighted by atomic mass is 10.0. The van der Waals surface area contributed by atoms with E-state index in [-0.39, 0.29) is 10.5 Å². The molecular weight excluding hydrogens is 462 g/mol. The molecule has 2 atom stereocenters. The standard InChI is InChI=1S/C25H25N7O2S/c1-16-11-28-12-17(2)32(16)22-5-3-19(4-6-22)21-13-29-25-24(14-30-31(25)15-21)20-7-18(10-26)8-23(9-20)35(27,33)34/h3-9,13-17,28H,11-12H2,1-2H3,(H2,27,33,34)/t16-,17+. The molecule has 4 aromatic rings. The lowest BCUT2D eigenvalue weighted by molar-refractivity contribution is 0.432. The lowest BCUT2D eigenvalue weighted by Crippen LogP contribution is -2.55. The van der Waals surface area contributed by atoms with E-state index < -0.39 is 10.0 Å². The van der Waals surface area contributed by atoms with E-state index in [4.69, 9.17) is 5.14 Å². The number of rotatable bonds is 4. The molecule has 1 saturated heterocycles. The van der Waals surface area contributed by atoms with Crippen LogP contribution in [0.4, 0.5) is 5.69 Å². The predicted octanol–water partition coefficient (Wildman–Crippen LogP) is 2.77. The van der Waals surface area contributed by atoms with Crippen LogP contribution in [0.15, 0.2) is 66.0 Å². The maximum absolute atomic E-state index is 11.9. The van der Waals surface area contributed by atoms with Gasteiger partial charge in [0.25, 0.3) is 0 Å². The number of hydrogen-bond acceptors (Lipinski definition) is 7. The third kappa shape index (κ3) is 4.37. The summed E-state index contributed by atoms with van der Waals surface area (Å²) in [6.45, 7) is 6.37. The molecule has 5 rings (SSSR count). The number of piperazine rings is 1. The van der Waals surface area contributed by atoms with Gasteiger partial charge in [0.15, 0.2) is 5.65 Å². The smallest absolute Gasteiger partial charge is 0.238 e. The van der Waals surface area contributed by atoms with E-state index in [9.17, 15) is 13.7 Å². The summed E-state index contributed by atoms with van der Waals surface area (Å²) in [4.78, 5) is 6.90. The zero-order valence-corrected chi connectivity index (χ0v) is 20.2. The quantitative estimate of drug-likeness (QED) is 0.453. The third-order valence-corrected chi connectivity index (χ3v) is 7.25. The highest BCUT2D eigenvalue weighted by molar-refractivity contribution is 7.89. The summed E-state index contributed by atoms with van der Waals surface area (Å²) in [7, 11) is -3.97. The Labute approximate surface area is 203 Å². The predicted molar refractivity (Wildman–Crippen MR) is 134 cm³/mol. The Morgan fingerprint density at radius 2 is 1.74 bits per heavy atom. The minimum atomic E-state index is -3.97. The number of fused-ring (bicyclic) bond motifs is 1. The molecule has 1 aliphatic heterocycles. The number of hydrogen-bond donors (Lipinski definition) is 2. The molecule has 0 spiro atoms. The van der Waals surface area contributed by atoms with Crippen LogP contribution in [-0.4, -0.2) is 48.2 Å². The van der Waals surface area contributed by atoms with Crippen LogP contribution in [0.5, 0.6) is 0 Å². The minimum Gasteiger partial charge on any atom is -0.364 e. The largest absolute Gasteiger partial charge is 0.364 e. The van der Waals surface area contributed by atoms with Crippen LogP contribution in [0.3, 0.4) is 0 Å². The molecular formula is C25H25N7O2S. The number of anilines is 1. The summed E-state index contributed by atoms with van der Waals surface area (Å²) >= 11 is 0. The van der Waals surface area contributed by atoms with Gasteiger partial charge >= 0.3 is 0 Å². The molecule has 0 amide bonds. The van der Waals surface area contributed by atoms with Gasteiger partial charge in [0.2, 0.25) is 10.0 Å². The Balaban J connectivity index is 1.49. The fraction of sp³-hybridized carbons (Fsp3) is 0.240. The average molecular weight is 488 g/mol. The van der Waals surface area contributed by atoms with E-state index in [1.165, 1.54) is 17.8 Å². The van der Waals surface area contributed by atoms with E-state index in [1.807, 2.05) is 12.3 Å². The van der Waals surface area contributed by atoms with Crippen molar-refractivity contribution >= 4 is 21.4 Å². The van der Waals surface area contributed by atoms with Gasteiger partial charge < -0.3 is 10.2 Å². The third-order valence-electron chi connectivity index (χ3n) is 6.36. The summed E-state index contributed by atoms with van der Waals surface area (Å²) < 4.78 is 25.4. The molecule has 35 heavy (non-hydrogen) atoms. The number of nitrogens with zero attached hydrogens (tertiary/aromatic N) is 5. The first kappa shape index (κ1) is 23.0. The maximum atomic E-state index is 11.9. The summed E-state index contributed by atoms with van der Waals surface area (Å²) in [5.41, 5.74) is 4.95. The molecule has 1 fully saturated rings. The number of benzene rings is 2. The van der Waals surface area contributed by atoms with Gasteiger partial charge in [-0.15, -0.1) is 0 Å². The first-order valence-corrected chi connectivity index (χ1v) is 12.8. The maximum Gasteiger partial charge on any atom is 0.238 e. The molecule has 0 saturated carbocycles. The molecule has 10 heteroatoms. The molecule has 2 aromatic carbocycles. The van der Waals surface area contributed by atoms with E-state index in [1.54, 1.807) is 23.0 Å². The molecule has 3 heterocycles. The number of nitrogens with two attached hydrogens (primary N) is 1. The fourth-order valence-corrected chi connectivity index (χ4v) is 5.26. The van der Waals surface area contributed by atoms with Gasteiger partial charge in [-0.2, -0.15) is 10.4 Å². The van der Waals surface area contributed by atoms with Crippen LogP contribution in [0, 0.1) is 11.3 Å². The van der Waals surface area contributed by atoms with Crippen LogP contribution in [0.1, 0.15) is 19.4 Å². The Kier molecular flexibility index (Phi) is 5.76. The van der Waals surface area contributed by atoms with Crippen LogP contribution in [-0.2, 0) is 10.0 Å². The molecule has 178 valence electrons. The summed E-state index contributed by atoms with van der Waals surface area (Å²) in [5, 5.41) is 22.5. The van der Waals surface area contributed by atoms with Crippen molar-refractivity contribution in [1.82, 2.24) is 19.9 Å². The van der Waals surface area contributed by atoms with Gasteiger partial charge in [0.05, 0.1) is 22.7 Å². The van der Waals surface area contributed by atoms with E-state index in [0.717, 1.165) is 24.2 Å². The first-order valence-electron chi connectivity index (χ1n) is 11.3. The van der Waals surface area contributed by atoms with Crippen LogP contribution in [0.2, 0.25) is 0 Å². The molecule has 1 aliphatic rings. The topological polar surface area (TPSA) is 129 Å². The Hall–Kier alpha value is -3.78. The summed E-state index contributed by atoms with van der Waals surface area (Å²) in [6.07, 6.45) is 5.25. The monoisotopic (exact) mass is 487 g/mol. The van der Waals surface area contributed by atoms with Crippen LogP contribution in [0.25, 0.3) is 27.9 Å². The minimum absolute atomic E-state index is 0.129. The average Bonchev–Trinajstić information content (AvgIpc) is 3.27. The lowest BCUT2D eigenvalue weighted by Gasteiger charge is -2.41. The van der Waals surface area contributed by atoms with Crippen molar-refractivity contribution in [1.29, 1.82) is 5.26 Å². The molecule has 0 bridgehead atoms.